The average molecular weight is 276 g/mol. The minimum absolute atomic E-state index is 0.398. The predicted molar refractivity (Wildman–Crippen MR) is 72.2 cm³/mol. The molecule has 6 nitrogen and oxygen atoms in total. The summed E-state index contributed by atoms with van der Waals surface area (Å²) in [5.74, 6) is 1.54. The molecule has 0 aliphatic heterocycles. The van der Waals surface area contributed by atoms with Crippen molar-refractivity contribution in [3.8, 4) is 17.4 Å². The maximum atomic E-state index is 10.4. The van der Waals surface area contributed by atoms with Crippen molar-refractivity contribution in [2.24, 2.45) is 0 Å². The molecule has 1 unspecified atom stereocenters. The van der Waals surface area contributed by atoms with Crippen molar-refractivity contribution in [1.29, 1.82) is 0 Å². The Balaban J connectivity index is 2.34. The second-order valence-corrected chi connectivity index (χ2v) is 4.00. The Morgan fingerprint density at radius 3 is 2.35 bits per heavy atom. The zero-order valence-corrected chi connectivity index (χ0v) is 11.5. The first kappa shape index (κ1) is 14.1. The van der Waals surface area contributed by atoms with Crippen molar-refractivity contribution >= 4 is 0 Å². The molecule has 1 aromatic carbocycles. The molecule has 1 atom stereocenters. The summed E-state index contributed by atoms with van der Waals surface area (Å²) in [5, 5.41) is 10.4. The van der Waals surface area contributed by atoms with E-state index in [-0.39, 0.29) is 0 Å². The third kappa shape index (κ3) is 2.80. The van der Waals surface area contributed by atoms with Gasteiger partial charge in [0.1, 0.15) is 12.4 Å². The van der Waals surface area contributed by atoms with E-state index in [1.807, 2.05) is 0 Å². The quantitative estimate of drug-likeness (QED) is 0.894. The van der Waals surface area contributed by atoms with Crippen LogP contribution in [0.5, 0.6) is 17.4 Å². The van der Waals surface area contributed by atoms with Gasteiger partial charge < -0.3 is 19.3 Å². The minimum atomic E-state index is -0.897. The first-order valence-electron chi connectivity index (χ1n) is 5.95. The lowest BCUT2D eigenvalue weighted by Gasteiger charge is -2.14. The van der Waals surface area contributed by atoms with E-state index in [4.69, 9.17) is 14.2 Å². The molecule has 1 aromatic heterocycles. The minimum Gasteiger partial charge on any atom is -0.493 e. The Hall–Kier alpha value is -2.34. The van der Waals surface area contributed by atoms with E-state index in [2.05, 4.69) is 9.97 Å². The van der Waals surface area contributed by atoms with E-state index in [1.54, 1.807) is 38.5 Å². The van der Waals surface area contributed by atoms with Gasteiger partial charge in [-0.25, -0.2) is 9.97 Å². The van der Waals surface area contributed by atoms with Gasteiger partial charge in [0, 0.05) is 6.07 Å². The highest BCUT2D eigenvalue weighted by molar-refractivity contribution is 5.44. The van der Waals surface area contributed by atoms with Gasteiger partial charge in [0.2, 0.25) is 5.88 Å². The maximum Gasteiger partial charge on any atom is 0.216 e. The van der Waals surface area contributed by atoms with E-state index in [9.17, 15) is 5.11 Å². The number of methoxy groups -OCH3 is 3. The Bertz CT molecular complexity index is 589. The normalized spacial score (nSPS) is 11.8. The molecule has 0 bridgehead atoms. The molecular weight excluding hydrogens is 260 g/mol. The highest BCUT2D eigenvalue weighted by Crippen LogP contribution is 2.31. The molecule has 0 aliphatic rings. The molecule has 6 heteroatoms. The van der Waals surface area contributed by atoms with E-state index in [0.29, 0.717) is 28.6 Å². The molecule has 0 radical (unpaired) electrons. The number of aromatic nitrogens is 2. The summed E-state index contributed by atoms with van der Waals surface area (Å²) in [6.45, 7) is 0. The molecular formula is C14H16N2O4. The number of aliphatic hydroxyl groups excluding tert-OH is 1. The largest absolute Gasteiger partial charge is 0.493 e. The molecule has 20 heavy (non-hydrogen) atoms. The van der Waals surface area contributed by atoms with Gasteiger partial charge in [-0.1, -0.05) is 6.07 Å². The number of aliphatic hydroxyl groups is 1. The molecule has 1 heterocycles. The van der Waals surface area contributed by atoms with E-state index in [0.717, 1.165) is 0 Å². The van der Waals surface area contributed by atoms with Crippen molar-refractivity contribution in [3.05, 3.63) is 41.9 Å². The van der Waals surface area contributed by atoms with Crippen LogP contribution in [0.4, 0.5) is 0 Å². The summed E-state index contributed by atoms with van der Waals surface area (Å²) in [6.07, 6.45) is 0.449. The Morgan fingerprint density at radius 1 is 0.950 bits per heavy atom. The maximum absolute atomic E-state index is 10.4. The monoisotopic (exact) mass is 276 g/mol. The predicted octanol–water partition coefficient (Wildman–Crippen LogP) is 1.58. The summed E-state index contributed by atoms with van der Waals surface area (Å²) in [7, 11) is 4.61. The topological polar surface area (TPSA) is 73.7 Å². The van der Waals surface area contributed by atoms with Gasteiger partial charge in [-0.15, -0.1) is 0 Å². The van der Waals surface area contributed by atoms with E-state index < -0.39 is 6.10 Å². The van der Waals surface area contributed by atoms with Gasteiger partial charge in [0.05, 0.1) is 27.0 Å². The SMILES string of the molecule is COc1cc(C(O)c2ccc(OC)c(OC)c2)ncn1. The van der Waals surface area contributed by atoms with E-state index in [1.165, 1.54) is 13.4 Å². The van der Waals surface area contributed by atoms with Crippen LogP contribution in [0.15, 0.2) is 30.6 Å². The van der Waals surface area contributed by atoms with Gasteiger partial charge in [-0.05, 0) is 17.7 Å². The summed E-state index contributed by atoms with van der Waals surface area (Å²) in [4.78, 5) is 7.95. The van der Waals surface area contributed by atoms with Crippen molar-refractivity contribution < 1.29 is 19.3 Å². The van der Waals surface area contributed by atoms with Crippen molar-refractivity contribution in [1.82, 2.24) is 9.97 Å². The first-order valence-corrected chi connectivity index (χ1v) is 5.95. The van der Waals surface area contributed by atoms with Crippen molar-refractivity contribution in [2.45, 2.75) is 6.10 Å². The Kier molecular flexibility index (Phi) is 4.37. The van der Waals surface area contributed by atoms with Crippen LogP contribution in [-0.2, 0) is 0 Å². The average Bonchev–Trinajstić information content (AvgIpc) is 2.53. The van der Waals surface area contributed by atoms with Crippen LogP contribution in [0, 0.1) is 0 Å². The molecule has 2 rings (SSSR count). The highest BCUT2D eigenvalue weighted by Gasteiger charge is 2.15. The Morgan fingerprint density at radius 2 is 1.70 bits per heavy atom. The van der Waals surface area contributed by atoms with Gasteiger partial charge in [0.15, 0.2) is 11.5 Å². The third-order valence-electron chi connectivity index (χ3n) is 2.88. The fourth-order valence-electron chi connectivity index (χ4n) is 1.81. The number of hydrogen-bond donors (Lipinski definition) is 1. The van der Waals surface area contributed by atoms with Crippen LogP contribution in [0.3, 0.4) is 0 Å². The van der Waals surface area contributed by atoms with Crippen molar-refractivity contribution in [3.63, 3.8) is 0 Å². The van der Waals surface area contributed by atoms with Crippen LogP contribution >= 0.6 is 0 Å². The van der Waals surface area contributed by atoms with Crippen molar-refractivity contribution in [2.75, 3.05) is 21.3 Å². The lowest BCUT2D eigenvalue weighted by atomic mass is 10.1. The number of benzene rings is 1. The van der Waals surface area contributed by atoms with Gasteiger partial charge in [0.25, 0.3) is 0 Å². The van der Waals surface area contributed by atoms with Crippen LogP contribution in [0.2, 0.25) is 0 Å². The molecule has 0 spiro atoms. The third-order valence-corrected chi connectivity index (χ3v) is 2.88. The fraction of sp³-hybridized carbons (Fsp3) is 0.286. The summed E-state index contributed by atoms with van der Waals surface area (Å²) >= 11 is 0. The lowest BCUT2D eigenvalue weighted by molar-refractivity contribution is 0.213. The van der Waals surface area contributed by atoms with Crippen LogP contribution < -0.4 is 14.2 Å². The zero-order valence-electron chi connectivity index (χ0n) is 11.5. The number of nitrogens with zero attached hydrogens (tertiary/aromatic N) is 2. The molecule has 0 amide bonds. The second-order valence-electron chi connectivity index (χ2n) is 4.00. The molecule has 2 aromatic rings. The Labute approximate surface area is 117 Å². The first-order chi connectivity index (χ1) is 9.69. The molecule has 0 aliphatic carbocycles. The zero-order chi connectivity index (χ0) is 14.5. The van der Waals surface area contributed by atoms with Gasteiger partial charge in [-0.2, -0.15) is 0 Å². The van der Waals surface area contributed by atoms with Gasteiger partial charge in [-0.3, -0.25) is 0 Å². The number of ether oxygens (including phenoxy) is 3. The standard InChI is InChI=1S/C14H16N2O4/c1-18-11-5-4-9(6-12(11)19-2)14(17)10-7-13(20-3)16-8-15-10/h4-8,14,17H,1-3H3. The van der Waals surface area contributed by atoms with Crippen LogP contribution in [0.25, 0.3) is 0 Å². The second kappa shape index (κ2) is 6.21. The fourth-order valence-corrected chi connectivity index (χ4v) is 1.81. The van der Waals surface area contributed by atoms with E-state index >= 15 is 0 Å². The molecule has 1 N–H and O–H groups in total. The van der Waals surface area contributed by atoms with Crippen LogP contribution in [-0.4, -0.2) is 36.4 Å². The molecule has 0 saturated carbocycles. The summed E-state index contributed by atoms with van der Waals surface area (Å²) in [6, 6.07) is 6.77. The molecule has 0 fully saturated rings. The lowest BCUT2D eigenvalue weighted by Crippen LogP contribution is -2.04. The highest BCUT2D eigenvalue weighted by atomic mass is 16.5. The number of hydrogen-bond acceptors (Lipinski definition) is 6. The summed E-state index contributed by atoms with van der Waals surface area (Å²) < 4.78 is 15.4. The number of rotatable bonds is 5. The van der Waals surface area contributed by atoms with Crippen LogP contribution in [0.1, 0.15) is 17.4 Å². The summed E-state index contributed by atoms with van der Waals surface area (Å²) in [5.41, 5.74) is 1.09. The smallest absolute Gasteiger partial charge is 0.216 e. The molecule has 106 valence electrons. The molecule has 0 saturated heterocycles. The van der Waals surface area contributed by atoms with Gasteiger partial charge >= 0.3 is 0 Å².